The molecule has 148 valence electrons. The molecule has 2 rings (SSSR count). The van der Waals surface area contributed by atoms with Crippen molar-refractivity contribution in [3.05, 3.63) is 47.9 Å². The van der Waals surface area contributed by atoms with Crippen LogP contribution in [0.4, 0.5) is 0 Å². The lowest BCUT2D eigenvalue weighted by Crippen LogP contribution is -2.38. The third-order valence-electron chi connectivity index (χ3n) is 3.84. The average Bonchev–Trinajstić information content (AvgIpc) is 3.19. The molecule has 0 unspecified atom stereocenters. The number of methoxy groups -OCH3 is 1. The van der Waals surface area contributed by atoms with E-state index in [-0.39, 0.29) is 5.75 Å². The normalized spacial score (nSPS) is 11.4. The van der Waals surface area contributed by atoms with Crippen LogP contribution in [-0.4, -0.2) is 44.4 Å². The van der Waals surface area contributed by atoms with E-state index in [1.54, 1.807) is 19.4 Å². The largest absolute Gasteiger partial charge is 0.504 e. The molecule has 2 aromatic rings. The zero-order valence-electron chi connectivity index (χ0n) is 16.0. The molecule has 0 amide bonds. The second kappa shape index (κ2) is 11.9. The molecular formula is C20H29N3O4. The second-order valence-electron chi connectivity index (χ2n) is 5.93. The van der Waals surface area contributed by atoms with Gasteiger partial charge in [-0.15, -0.1) is 0 Å². The van der Waals surface area contributed by atoms with Gasteiger partial charge in [0.2, 0.25) is 0 Å². The molecule has 0 radical (unpaired) electrons. The number of benzene rings is 1. The van der Waals surface area contributed by atoms with Gasteiger partial charge in [-0.2, -0.15) is 0 Å². The van der Waals surface area contributed by atoms with E-state index in [9.17, 15) is 5.11 Å². The predicted octanol–water partition coefficient (Wildman–Crippen LogP) is 2.70. The first kappa shape index (κ1) is 20.6. The van der Waals surface area contributed by atoms with Gasteiger partial charge < -0.3 is 29.6 Å². The summed E-state index contributed by atoms with van der Waals surface area (Å²) in [4.78, 5) is 4.55. The predicted molar refractivity (Wildman–Crippen MR) is 105 cm³/mol. The molecule has 0 aliphatic heterocycles. The first-order valence-corrected chi connectivity index (χ1v) is 9.21. The second-order valence-corrected chi connectivity index (χ2v) is 5.93. The summed E-state index contributed by atoms with van der Waals surface area (Å²) >= 11 is 0. The lowest BCUT2D eigenvalue weighted by molar-refractivity contribution is 0.105. The molecule has 1 heterocycles. The van der Waals surface area contributed by atoms with Crippen LogP contribution in [0.2, 0.25) is 0 Å². The van der Waals surface area contributed by atoms with Gasteiger partial charge in [0, 0.05) is 26.2 Å². The quantitative estimate of drug-likeness (QED) is 0.318. The van der Waals surface area contributed by atoms with Gasteiger partial charge in [-0.1, -0.05) is 6.07 Å². The fourth-order valence-corrected chi connectivity index (χ4v) is 2.47. The highest BCUT2D eigenvalue weighted by atomic mass is 16.5. The van der Waals surface area contributed by atoms with Crippen molar-refractivity contribution in [1.82, 2.24) is 10.6 Å². The minimum Gasteiger partial charge on any atom is -0.504 e. The van der Waals surface area contributed by atoms with E-state index in [0.717, 1.165) is 43.2 Å². The Bertz CT molecular complexity index is 687. The maximum atomic E-state index is 9.65. The summed E-state index contributed by atoms with van der Waals surface area (Å²) < 4.78 is 15.9. The number of phenols is 1. The Balaban J connectivity index is 1.68. The number of hydrogen-bond acceptors (Lipinski definition) is 5. The number of phenolic OH excluding ortho intramolecular Hbond substituents is 1. The molecule has 0 aliphatic rings. The van der Waals surface area contributed by atoms with Gasteiger partial charge in [-0.25, -0.2) is 0 Å². The fraction of sp³-hybridized carbons (Fsp3) is 0.450. The average molecular weight is 375 g/mol. The Labute approximate surface area is 160 Å². The van der Waals surface area contributed by atoms with Crippen LogP contribution in [0.3, 0.4) is 0 Å². The highest BCUT2D eigenvalue weighted by Gasteiger charge is 2.03. The van der Waals surface area contributed by atoms with Gasteiger partial charge in [0.05, 0.1) is 13.4 Å². The molecule has 7 nitrogen and oxygen atoms in total. The first-order chi connectivity index (χ1) is 13.2. The zero-order valence-corrected chi connectivity index (χ0v) is 16.0. The first-order valence-electron chi connectivity index (χ1n) is 9.21. The van der Waals surface area contributed by atoms with E-state index in [0.29, 0.717) is 25.5 Å². The number of aromatic hydroxyl groups is 1. The van der Waals surface area contributed by atoms with Gasteiger partial charge in [0.25, 0.3) is 0 Å². The number of guanidine groups is 1. The Morgan fingerprint density at radius 1 is 1.26 bits per heavy atom. The number of nitrogens with one attached hydrogen (secondary N) is 2. The Morgan fingerprint density at radius 3 is 2.89 bits per heavy atom. The number of rotatable bonds is 11. The fourth-order valence-electron chi connectivity index (χ4n) is 2.47. The van der Waals surface area contributed by atoms with Crippen LogP contribution in [0.15, 0.2) is 46.0 Å². The van der Waals surface area contributed by atoms with Crippen LogP contribution in [0, 0.1) is 0 Å². The number of ether oxygens (including phenoxy) is 2. The SMILES string of the molecule is CCNC(=NCCCOCc1ccco1)NCCc1ccc(O)c(OC)c1. The van der Waals surface area contributed by atoms with E-state index in [4.69, 9.17) is 13.9 Å². The maximum absolute atomic E-state index is 9.65. The van der Waals surface area contributed by atoms with E-state index in [1.165, 1.54) is 0 Å². The monoisotopic (exact) mass is 375 g/mol. The molecule has 0 bridgehead atoms. The number of nitrogens with zero attached hydrogens (tertiary/aromatic N) is 1. The molecule has 27 heavy (non-hydrogen) atoms. The van der Waals surface area contributed by atoms with Crippen molar-refractivity contribution in [2.75, 3.05) is 33.4 Å². The van der Waals surface area contributed by atoms with Crippen molar-refractivity contribution in [3.8, 4) is 11.5 Å². The standard InChI is InChI=1S/C20H29N3O4/c1-3-21-20(22-10-5-12-26-15-17-6-4-13-27-17)23-11-9-16-7-8-18(24)19(14-16)25-2/h4,6-8,13-14,24H,3,5,9-12,15H2,1-2H3,(H2,21,22,23). The van der Waals surface area contributed by atoms with Crippen LogP contribution >= 0.6 is 0 Å². The van der Waals surface area contributed by atoms with Crippen LogP contribution in [0.1, 0.15) is 24.7 Å². The molecule has 1 aromatic carbocycles. The topological polar surface area (TPSA) is 88.3 Å². The number of aliphatic imine (C=N–C) groups is 1. The number of hydrogen-bond donors (Lipinski definition) is 3. The van der Waals surface area contributed by atoms with Gasteiger partial charge in [0.1, 0.15) is 12.4 Å². The molecule has 0 saturated carbocycles. The van der Waals surface area contributed by atoms with Gasteiger partial charge in [0.15, 0.2) is 17.5 Å². The summed E-state index contributed by atoms with van der Waals surface area (Å²) in [7, 11) is 1.55. The van der Waals surface area contributed by atoms with Crippen molar-refractivity contribution in [2.24, 2.45) is 4.99 Å². The Kier molecular flexibility index (Phi) is 9.06. The smallest absolute Gasteiger partial charge is 0.191 e. The highest BCUT2D eigenvalue weighted by Crippen LogP contribution is 2.26. The van der Waals surface area contributed by atoms with Crippen molar-refractivity contribution in [3.63, 3.8) is 0 Å². The van der Waals surface area contributed by atoms with Crippen molar-refractivity contribution in [2.45, 2.75) is 26.4 Å². The lowest BCUT2D eigenvalue weighted by Gasteiger charge is -2.12. The zero-order chi connectivity index (χ0) is 19.3. The molecule has 3 N–H and O–H groups in total. The van der Waals surface area contributed by atoms with Crippen molar-refractivity contribution >= 4 is 5.96 Å². The summed E-state index contributed by atoms with van der Waals surface area (Å²) in [6, 6.07) is 9.13. The molecule has 0 spiro atoms. The molecule has 0 atom stereocenters. The minimum absolute atomic E-state index is 0.151. The van der Waals surface area contributed by atoms with Gasteiger partial charge in [-0.05, 0) is 49.6 Å². The van der Waals surface area contributed by atoms with E-state index in [1.807, 2.05) is 31.2 Å². The Hall–Kier alpha value is -2.67. The maximum Gasteiger partial charge on any atom is 0.191 e. The summed E-state index contributed by atoms with van der Waals surface area (Å²) in [6.07, 6.45) is 3.28. The molecule has 0 saturated heterocycles. The third kappa shape index (κ3) is 7.62. The van der Waals surface area contributed by atoms with E-state index >= 15 is 0 Å². The van der Waals surface area contributed by atoms with Crippen molar-refractivity contribution < 1.29 is 19.0 Å². The Morgan fingerprint density at radius 2 is 2.15 bits per heavy atom. The molecule has 1 aromatic heterocycles. The van der Waals surface area contributed by atoms with Crippen molar-refractivity contribution in [1.29, 1.82) is 0 Å². The lowest BCUT2D eigenvalue weighted by atomic mass is 10.1. The third-order valence-corrected chi connectivity index (χ3v) is 3.84. The number of furan rings is 1. The van der Waals surface area contributed by atoms with E-state index < -0.39 is 0 Å². The molecule has 7 heteroatoms. The highest BCUT2D eigenvalue weighted by molar-refractivity contribution is 5.79. The van der Waals surface area contributed by atoms with E-state index in [2.05, 4.69) is 15.6 Å². The summed E-state index contributed by atoms with van der Waals surface area (Å²) in [5.74, 6) is 2.26. The summed E-state index contributed by atoms with van der Waals surface area (Å²) in [6.45, 7) is 5.37. The van der Waals surface area contributed by atoms with Crippen LogP contribution in [-0.2, 0) is 17.8 Å². The van der Waals surface area contributed by atoms with Gasteiger partial charge in [-0.3, -0.25) is 4.99 Å². The van der Waals surface area contributed by atoms with Crippen LogP contribution in [0.5, 0.6) is 11.5 Å². The summed E-state index contributed by atoms with van der Waals surface area (Å²) in [5, 5.41) is 16.2. The minimum atomic E-state index is 0.151. The summed E-state index contributed by atoms with van der Waals surface area (Å²) in [5.41, 5.74) is 1.08. The molecular weight excluding hydrogens is 346 g/mol. The van der Waals surface area contributed by atoms with Crippen LogP contribution < -0.4 is 15.4 Å². The van der Waals surface area contributed by atoms with Crippen LogP contribution in [0.25, 0.3) is 0 Å². The molecule has 0 aliphatic carbocycles. The van der Waals surface area contributed by atoms with Gasteiger partial charge >= 0.3 is 0 Å². The molecule has 0 fully saturated rings.